The molecule has 0 saturated heterocycles. The molecule has 0 aliphatic heterocycles. The molecule has 2 N–H and O–H groups in total. The van der Waals surface area contributed by atoms with Gasteiger partial charge in [0.25, 0.3) is 0 Å². The Balaban J connectivity index is 1.99. The monoisotopic (exact) mass is 266 g/mol. The van der Waals surface area contributed by atoms with Crippen molar-refractivity contribution in [2.75, 3.05) is 7.05 Å². The number of hydrogen-bond acceptors (Lipinski definition) is 3. The number of thiophene rings is 1. The summed E-state index contributed by atoms with van der Waals surface area (Å²) >= 11 is 1.72. The molecule has 1 saturated carbocycles. The van der Waals surface area contributed by atoms with Crippen LogP contribution < -0.4 is 10.6 Å². The van der Waals surface area contributed by atoms with Crippen molar-refractivity contribution in [3.8, 4) is 0 Å². The molecule has 0 bridgehead atoms. The second-order valence-corrected chi connectivity index (χ2v) is 5.84. The molecule has 1 aliphatic rings. The summed E-state index contributed by atoms with van der Waals surface area (Å²) in [7, 11) is 1.73. The van der Waals surface area contributed by atoms with Gasteiger partial charge in [-0.05, 0) is 42.2 Å². The van der Waals surface area contributed by atoms with E-state index in [0.717, 1.165) is 12.8 Å². The summed E-state index contributed by atoms with van der Waals surface area (Å²) < 4.78 is 0. The zero-order valence-corrected chi connectivity index (χ0v) is 11.9. The molecular weight excluding hydrogens is 244 g/mol. The van der Waals surface area contributed by atoms with Crippen LogP contribution in [0.4, 0.5) is 0 Å². The maximum Gasteiger partial charge on any atom is 0.224 e. The standard InChI is InChI=1S/C14H22N2OS/c1-10(11-7-8-18-9-11)16-13-6-4-3-5-12(13)14(17)15-2/h7-10,12-13,16H,3-6H2,1-2H3,(H,15,17)/t10-,12+,13-/m0/s1. The molecule has 1 fully saturated rings. The Bertz CT molecular complexity index is 377. The van der Waals surface area contributed by atoms with E-state index in [0.29, 0.717) is 12.1 Å². The molecule has 1 heterocycles. The van der Waals surface area contributed by atoms with Gasteiger partial charge in [0.1, 0.15) is 0 Å². The molecule has 3 nitrogen and oxygen atoms in total. The fourth-order valence-electron chi connectivity index (χ4n) is 2.77. The van der Waals surface area contributed by atoms with E-state index in [2.05, 4.69) is 34.4 Å². The third-order valence-corrected chi connectivity index (χ3v) is 4.56. The van der Waals surface area contributed by atoms with Crippen molar-refractivity contribution < 1.29 is 4.79 Å². The Morgan fingerprint density at radius 2 is 2.22 bits per heavy atom. The summed E-state index contributed by atoms with van der Waals surface area (Å²) in [6, 6.07) is 2.79. The van der Waals surface area contributed by atoms with E-state index in [1.54, 1.807) is 18.4 Å². The van der Waals surface area contributed by atoms with Crippen LogP contribution in [-0.4, -0.2) is 19.0 Å². The van der Waals surface area contributed by atoms with E-state index in [4.69, 9.17) is 0 Å². The maximum absolute atomic E-state index is 11.9. The lowest BCUT2D eigenvalue weighted by molar-refractivity contribution is -0.126. The lowest BCUT2D eigenvalue weighted by Gasteiger charge is -2.33. The Hall–Kier alpha value is -0.870. The van der Waals surface area contributed by atoms with Gasteiger partial charge in [-0.3, -0.25) is 4.79 Å². The van der Waals surface area contributed by atoms with Crippen LogP contribution >= 0.6 is 11.3 Å². The summed E-state index contributed by atoms with van der Waals surface area (Å²) in [5, 5.41) is 10.7. The molecule has 100 valence electrons. The van der Waals surface area contributed by atoms with Gasteiger partial charge < -0.3 is 10.6 Å². The Labute approximate surface area is 113 Å². The summed E-state index contributed by atoms with van der Waals surface area (Å²) in [5.41, 5.74) is 1.32. The van der Waals surface area contributed by atoms with Crippen molar-refractivity contribution in [3.05, 3.63) is 22.4 Å². The topological polar surface area (TPSA) is 41.1 Å². The van der Waals surface area contributed by atoms with Gasteiger partial charge >= 0.3 is 0 Å². The number of nitrogens with one attached hydrogen (secondary N) is 2. The quantitative estimate of drug-likeness (QED) is 0.880. The van der Waals surface area contributed by atoms with Crippen LogP contribution in [0.5, 0.6) is 0 Å². The summed E-state index contributed by atoms with van der Waals surface area (Å²) in [5.74, 6) is 0.314. The first kappa shape index (κ1) is 13.6. The third kappa shape index (κ3) is 3.12. The van der Waals surface area contributed by atoms with E-state index in [1.165, 1.54) is 18.4 Å². The highest BCUT2D eigenvalue weighted by Crippen LogP contribution is 2.27. The van der Waals surface area contributed by atoms with Crippen molar-refractivity contribution in [1.82, 2.24) is 10.6 Å². The highest BCUT2D eigenvalue weighted by atomic mass is 32.1. The van der Waals surface area contributed by atoms with Crippen LogP contribution in [0.15, 0.2) is 16.8 Å². The summed E-state index contributed by atoms with van der Waals surface area (Å²) in [4.78, 5) is 11.9. The molecule has 0 radical (unpaired) electrons. The largest absolute Gasteiger partial charge is 0.359 e. The van der Waals surface area contributed by atoms with Gasteiger partial charge in [-0.25, -0.2) is 0 Å². The fourth-order valence-corrected chi connectivity index (χ4v) is 3.52. The molecule has 3 atom stereocenters. The Morgan fingerprint density at radius 1 is 1.44 bits per heavy atom. The number of carbonyl (C=O) groups is 1. The van der Waals surface area contributed by atoms with Crippen molar-refractivity contribution in [2.45, 2.75) is 44.7 Å². The number of rotatable bonds is 4. The second-order valence-electron chi connectivity index (χ2n) is 5.06. The minimum atomic E-state index is 0.129. The predicted molar refractivity (Wildman–Crippen MR) is 75.7 cm³/mol. The van der Waals surface area contributed by atoms with Crippen LogP contribution in [0.1, 0.15) is 44.2 Å². The van der Waals surface area contributed by atoms with Crippen molar-refractivity contribution in [1.29, 1.82) is 0 Å². The molecule has 0 spiro atoms. The van der Waals surface area contributed by atoms with Crippen LogP contribution in [0.2, 0.25) is 0 Å². The highest BCUT2D eigenvalue weighted by Gasteiger charge is 2.31. The van der Waals surface area contributed by atoms with Crippen LogP contribution in [-0.2, 0) is 4.79 Å². The number of hydrogen-bond donors (Lipinski definition) is 2. The van der Waals surface area contributed by atoms with Crippen LogP contribution in [0.3, 0.4) is 0 Å². The predicted octanol–water partition coefficient (Wildman–Crippen LogP) is 2.70. The molecule has 2 rings (SSSR count). The highest BCUT2D eigenvalue weighted by molar-refractivity contribution is 7.07. The second kappa shape index (κ2) is 6.34. The molecule has 1 aromatic heterocycles. The van der Waals surface area contributed by atoms with E-state index < -0.39 is 0 Å². The van der Waals surface area contributed by atoms with Crippen molar-refractivity contribution >= 4 is 17.2 Å². The molecule has 0 unspecified atom stereocenters. The normalized spacial score (nSPS) is 25.7. The molecule has 1 aromatic rings. The van der Waals surface area contributed by atoms with Crippen molar-refractivity contribution in [2.24, 2.45) is 5.92 Å². The van der Waals surface area contributed by atoms with Crippen LogP contribution in [0.25, 0.3) is 0 Å². The van der Waals surface area contributed by atoms with Gasteiger partial charge in [-0.1, -0.05) is 12.8 Å². The molecule has 1 amide bonds. The average molecular weight is 266 g/mol. The smallest absolute Gasteiger partial charge is 0.224 e. The van der Waals surface area contributed by atoms with Gasteiger partial charge in [0.05, 0.1) is 5.92 Å². The van der Waals surface area contributed by atoms with E-state index >= 15 is 0 Å². The minimum absolute atomic E-state index is 0.129. The number of amides is 1. The first-order valence-corrected chi connectivity index (χ1v) is 7.66. The van der Waals surface area contributed by atoms with Gasteiger partial charge in [-0.15, -0.1) is 0 Å². The van der Waals surface area contributed by atoms with E-state index in [1.807, 2.05) is 0 Å². The summed E-state index contributed by atoms with van der Waals surface area (Å²) in [6.45, 7) is 2.18. The van der Waals surface area contributed by atoms with Crippen molar-refractivity contribution in [3.63, 3.8) is 0 Å². The Kier molecular flexibility index (Phi) is 4.78. The molecule has 0 aromatic carbocycles. The van der Waals surface area contributed by atoms with Gasteiger partial charge in [0, 0.05) is 19.1 Å². The molecule has 4 heteroatoms. The zero-order chi connectivity index (χ0) is 13.0. The van der Waals surface area contributed by atoms with Gasteiger partial charge in [-0.2, -0.15) is 11.3 Å². The maximum atomic E-state index is 11.9. The first-order chi connectivity index (χ1) is 8.72. The molecule has 18 heavy (non-hydrogen) atoms. The van der Waals surface area contributed by atoms with E-state index in [9.17, 15) is 4.79 Å². The fraction of sp³-hybridized carbons (Fsp3) is 0.643. The Morgan fingerprint density at radius 3 is 2.89 bits per heavy atom. The zero-order valence-electron chi connectivity index (χ0n) is 11.1. The molecular formula is C14H22N2OS. The van der Waals surface area contributed by atoms with Crippen LogP contribution in [0, 0.1) is 5.92 Å². The third-order valence-electron chi connectivity index (χ3n) is 3.86. The summed E-state index contributed by atoms with van der Waals surface area (Å²) in [6.07, 6.45) is 4.50. The SMILES string of the molecule is CNC(=O)[C@@H]1CCCC[C@@H]1N[C@@H](C)c1ccsc1. The first-order valence-electron chi connectivity index (χ1n) is 6.72. The molecule has 1 aliphatic carbocycles. The number of carbonyl (C=O) groups excluding carboxylic acids is 1. The average Bonchev–Trinajstić information content (AvgIpc) is 2.92. The van der Waals surface area contributed by atoms with Gasteiger partial charge in [0.15, 0.2) is 0 Å². The van der Waals surface area contributed by atoms with E-state index in [-0.39, 0.29) is 11.8 Å². The van der Waals surface area contributed by atoms with Gasteiger partial charge in [0.2, 0.25) is 5.91 Å². The lowest BCUT2D eigenvalue weighted by atomic mass is 9.83. The minimum Gasteiger partial charge on any atom is -0.359 e. The lowest BCUT2D eigenvalue weighted by Crippen LogP contribution is -2.46.